The number of amides is 1. The predicted octanol–water partition coefficient (Wildman–Crippen LogP) is 2.05. The van der Waals surface area contributed by atoms with Crippen LogP contribution < -0.4 is 10.1 Å². The van der Waals surface area contributed by atoms with E-state index in [1.54, 1.807) is 0 Å². The van der Waals surface area contributed by atoms with Crippen LogP contribution in [0.25, 0.3) is 0 Å². The Morgan fingerprint density at radius 2 is 2.20 bits per heavy atom. The first kappa shape index (κ1) is 19.5. The van der Waals surface area contributed by atoms with Gasteiger partial charge in [0.1, 0.15) is 18.5 Å². The highest BCUT2D eigenvalue weighted by Gasteiger charge is 2.31. The minimum Gasteiger partial charge on any atom is -0.491 e. The molecule has 140 valence electrons. The van der Waals surface area contributed by atoms with Crippen molar-refractivity contribution in [3.8, 4) is 5.75 Å². The van der Waals surface area contributed by atoms with Gasteiger partial charge < -0.3 is 15.2 Å². The van der Waals surface area contributed by atoms with Gasteiger partial charge in [-0.25, -0.2) is 0 Å². The molecule has 1 heterocycles. The summed E-state index contributed by atoms with van der Waals surface area (Å²) >= 11 is 0. The van der Waals surface area contributed by atoms with Gasteiger partial charge in [0, 0.05) is 19.6 Å². The topological polar surface area (TPSA) is 61.8 Å². The number of carbonyl (C=O) groups excluding carboxylic acids is 1. The van der Waals surface area contributed by atoms with Gasteiger partial charge in [0.05, 0.1) is 11.6 Å². The fourth-order valence-corrected chi connectivity index (χ4v) is 2.85. The van der Waals surface area contributed by atoms with Crippen molar-refractivity contribution in [1.29, 1.82) is 0 Å². The monoisotopic (exact) mass is 360 g/mol. The molecular formula is C17H23F3N2O3. The Kier molecular flexibility index (Phi) is 6.66. The van der Waals surface area contributed by atoms with Gasteiger partial charge in [-0.05, 0) is 24.6 Å². The summed E-state index contributed by atoms with van der Waals surface area (Å²) in [6.45, 7) is 3.21. The number of carbonyl (C=O) groups is 1. The molecule has 0 saturated carbocycles. The molecule has 2 N–H and O–H groups in total. The van der Waals surface area contributed by atoms with E-state index in [0.717, 1.165) is 18.6 Å². The minimum atomic E-state index is -4.44. The Morgan fingerprint density at radius 1 is 1.44 bits per heavy atom. The third-order valence-corrected chi connectivity index (χ3v) is 4.05. The van der Waals surface area contributed by atoms with E-state index < -0.39 is 17.8 Å². The lowest BCUT2D eigenvalue weighted by molar-refractivity contribution is -0.137. The largest absolute Gasteiger partial charge is 0.491 e. The zero-order valence-electron chi connectivity index (χ0n) is 14.1. The van der Waals surface area contributed by atoms with Crippen LogP contribution in [0.4, 0.5) is 13.2 Å². The number of halogens is 3. The molecule has 1 aromatic rings. The summed E-state index contributed by atoms with van der Waals surface area (Å²) in [6, 6.07) is 4.25. The zero-order valence-corrected chi connectivity index (χ0v) is 14.1. The smallest absolute Gasteiger partial charge is 0.416 e. The van der Waals surface area contributed by atoms with Gasteiger partial charge in [0.15, 0.2) is 0 Å². The standard InChI is InChI=1S/C17H23F3N2O3/c1-2-4-15-16(24)21-7-8-22(15)10-13(23)11-25-14-6-3-5-12(9-14)17(18,19)20/h3,5-6,9,13,15,23H,2,4,7-8,10-11H2,1H3,(H,21,24). The quantitative estimate of drug-likeness (QED) is 0.781. The number of β-amino-alcohol motifs (C(OH)–C–C–N with tert-alkyl or cyclic N) is 1. The van der Waals surface area contributed by atoms with E-state index in [1.807, 2.05) is 11.8 Å². The number of alkyl halides is 3. The van der Waals surface area contributed by atoms with Crippen molar-refractivity contribution in [3.63, 3.8) is 0 Å². The number of hydrogen-bond donors (Lipinski definition) is 2. The van der Waals surface area contributed by atoms with Crippen LogP contribution in [-0.2, 0) is 11.0 Å². The molecule has 0 bridgehead atoms. The maximum absolute atomic E-state index is 12.7. The van der Waals surface area contributed by atoms with E-state index >= 15 is 0 Å². The first-order chi connectivity index (χ1) is 11.8. The third-order valence-electron chi connectivity index (χ3n) is 4.05. The van der Waals surface area contributed by atoms with Gasteiger partial charge in [-0.1, -0.05) is 19.4 Å². The highest BCUT2D eigenvalue weighted by atomic mass is 19.4. The highest BCUT2D eigenvalue weighted by molar-refractivity contribution is 5.82. The van der Waals surface area contributed by atoms with Crippen LogP contribution in [0.3, 0.4) is 0 Å². The SMILES string of the molecule is CCCC1C(=O)NCCN1CC(O)COc1cccc(C(F)(F)F)c1. The Labute approximate surface area is 144 Å². The maximum Gasteiger partial charge on any atom is 0.416 e. The van der Waals surface area contributed by atoms with E-state index in [0.29, 0.717) is 19.5 Å². The average Bonchev–Trinajstić information content (AvgIpc) is 2.56. The van der Waals surface area contributed by atoms with Gasteiger partial charge in [-0.2, -0.15) is 13.2 Å². The Bertz CT molecular complexity index is 581. The molecule has 1 saturated heterocycles. The summed E-state index contributed by atoms with van der Waals surface area (Å²) < 4.78 is 43.3. The van der Waals surface area contributed by atoms with E-state index in [9.17, 15) is 23.1 Å². The van der Waals surface area contributed by atoms with E-state index in [1.165, 1.54) is 12.1 Å². The first-order valence-corrected chi connectivity index (χ1v) is 8.31. The van der Waals surface area contributed by atoms with E-state index in [-0.39, 0.29) is 30.9 Å². The van der Waals surface area contributed by atoms with Gasteiger partial charge in [0.2, 0.25) is 5.91 Å². The molecule has 25 heavy (non-hydrogen) atoms. The molecule has 2 rings (SSSR count). The third kappa shape index (κ3) is 5.61. The number of nitrogens with one attached hydrogen (secondary N) is 1. The number of hydrogen-bond acceptors (Lipinski definition) is 4. The number of aliphatic hydroxyl groups excluding tert-OH is 1. The number of benzene rings is 1. The summed E-state index contributed by atoms with van der Waals surface area (Å²) in [6.07, 6.45) is -3.81. The lowest BCUT2D eigenvalue weighted by atomic mass is 10.1. The molecule has 0 aromatic heterocycles. The van der Waals surface area contributed by atoms with Crippen molar-refractivity contribution in [2.45, 2.75) is 38.1 Å². The molecule has 2 unspecified atom stereocenters. The first-order valence-electron chi connectivity index (χ1n) is 8.31. The molecular weight excluding hydrogens is 337 g/mol. The predicted molar refractivity (Wildman–Crippen MR) is 86.2 cm³/mol. The van der Waals surface area contributed by atoms with Gasteiger partial charge >= 0.3 is 6.18 Å². The second kappa shape index (κ2) is 8.53. The Morgan fingerprint density at radius 3 is 2.88 bits per heavy atom. The summed E-state index contributed by atoms with van der Waals surface area (Å²) in [5, 5.41) is 12.9. The lowest BCUT2D eigenvalue weighted by Crippen LogP contribution is -2.57. The lowest BCUT2D eigenvalue weighted by Gasteiger charge is -2.36. The number of nitrogens with zero attached hydrogens (tertiary/aromatic N) is 1. The molecule has 5 nitrogen and oxygen atoms in total. The van der Waals surface area contributed by atoms with E-state index in [2.05, 4.69) is 5.32 Å². The summed E-state index contributed by atoms with van der Waals surface area (Å²) in [5.74, 6) is -0.00512. The molecule has 8 heteroatoms. The van der Waals surface area contributed by atoms with Crippen LogP contribution in [0.1, 0.15) is 25.3 Å². The maximum atomic E-state index is 12.7. The molecule has 1 fully saturated rings. The van der Waals surface area contributed by atoms with Crippen LogP contribution in [0.5, 0.6) is 5.75 Å². The van der Waals surface area contributed by atoms with Crippen LogP contribution >= 0.6 is 0 Å². The van der Waals surface area contributed by atoms with Gasteiger partial charge in [0.25, 0.3) is 0 Å². The zero-order chi connectivity index (χ0) is 18.4. The van der Waals surface area contributed by atoms with Crippen LogP contribution in [0.2, 0.25) is 0 Å². The fourth-order valence-electron chi connectivity index (χ4n) is 2.85. The number of piperazine rings is 1. The minimum absolute atomic E-state index is 0.0513. The summed E-state index contributed by atoms with van der Waals surface area (Å²) in [4.78, 5) is 13.8. The molecule has 1 aliphatic heterocycles. The van der Waals surface area contributed by atoms with Crippen LogP contribution in [0, 0.1) is 0 Å². The second-order valence-electron chi connectivity index (χ2n) is 6.08. The van der Waals surface area contributed by atoms with Gasteiger partial charge in [-0.3, -0.25) is 9.69 Å². The Hall–Kier alpha value is -1.80. The average molecular weight is 360 g/mol. The highest BCUT2D eigenvalue weighted by Crippen LogP contribution is 2.31. The number of aliphatic hydroxyl groups is 1. The van der Waals surface area contributed by atoms with E-state index in [4.69, 9.17) is 4.74 Å². The summed E-state index contributed by atoms with van der Waals surface area (Å²) in [7, 11) is 0. The molecule has 0 radical (unpaired) electrons. The molecule has 1 aromatic carbocycles. The molecule has 2 atom stereocenters. The molecule has 1 aliphatic rings. The second-order valence-corrected chi connectivity index (χ2v) is 6.08. The number of rotatable bonds is 7. The van der Waals surface area contributed by atoms with Crippen molar-refractivity contribution >= 4 is 5.91 Å². The van der Waals surface area contributed by atoms with Crippen molar-refractivity contribution in [2.75, 3.05) is 26.2 Å². The molecule has 1 amide bonds. The van der Waals surface area contributed by atoms with Crippen molar-refractivity contribution in [1.82, 2.24) is 10.2 Å². The van der Waals surface area contributed by atoms with Crippen molar-refractivity contribution in [2.24, 2.45) is 0 Å². The molecule has 0 spiro atoms. The normalized spacial score (nSPS) is 20.2. The summed E-state index contributed by atoms with van der Waals surface area (Å²) in [5.41, 5.74) is -0.796. The fraction of sp³-hybridized carbons (Fsp3) is 0.588. The van der Waals surface area contributed by atoms with Crippen molar-refractivity contribution in [3.05, 3.63) is 29.8 Å². The van der Waals surface area contributed by atoms with Crippen molar-refractivity contribution < 1.29 is 27.8 Å². The van der Waals surface area contributed by atoms with Crippen LogP contribution in [-0.4, -0.2) is 54.3 Å². The number of ether oxygens (including phenoxy) is 1. The molecule has 0 aliphatic carbocycles. The van der Waals surface area contributed by atoms with Gasteiger partial charge in [-0.15, -0.1) is 0 Å². The van der Waals surface area contributed by atoms with Crippen LogP contribution in [0.15, 0.2) is 24.3 Å². The Balaban J connectivity index is 1.89.